The van der Waals surface area contributed by atoms with E-state index < -0.39 is 103 Å². The lowest BCUT2D eigenvalue weighted by Gasteiger charge is -2.46. The zero-order valence-electron chi connectivity index (χ0n) is 55.7. The highest BCUT2D eigenvalue weighted by Crippen LogP contribution is 2.53. The molecule has 11 aromatic carbocycles. The minimum Gasteiger partial charge on any atom is -0.311 e. The molecule has 0 unspecified atom stereocenters. The van der Waals surface area contributed by atoms with E-state index >= 15 is 0 Å². The zero-order chi connectivity index (χ0) is 62.8. The number of hydrogen-bond donors (Lipinski definition) is 0. The third-order valence-corrected chi connectivity index (χ3v) is 14.0. The SMILES string of the molecule is [2H]c1c([2H])c([2H])c(-c2ccccc2N2c3ccc(-c4ccccc4)cc3B3c4ccccc4N(c4c(-c5c([2H])c([2H])c([2H])c([2H])c5[2H])cc(C(C)(C)C)cc4-c4c([2H])c([2H])c([2H])c([2H])c4[2H])c4cc(N(c5ccccc5)c5ccccc5)cc2c43)c([2H])c1[2H]. The summed E-state index contributed by atoms with van der Waals surface area (Å²) in [6, 6.07) is 50.3. The van der Waals surface area contributed by atoms with Gasteiger partial charge in [0.1, 0.15) is 0 Å². The minimum absolute atomic E-state index is 0.0196. The summed E-state index contributed by atoms with van der Waals surface area (Å²) in [5.41, 5.74) is 9.13. The summed E-state index contributed by atoms with van der Waals surface area (Å²) in [5, 5.41) is 0. The van der Waals surface area contributed by atoms with Gasteiger partial charge in [-0.3, -0.25) is 0 Å². The minimum atomic E-state index is -0.757. The van der Waals surface area contributed by atoms with Gasteiger partial charge < -0.3 is 14.7 Å². The lowest BCUT2D eigenvalue weighted by atomic mass is 9.33. The molecule has 0 saturated carbocycles. The first-order chi connectivity index (χ1) is 42.6. The fourth-order valence-corrected chi connectivity index (χ4v) is 10.7. The van der Waals surface area contributed by atoms with E-state index in [0.29, 0.717) is 50.7 Å². The van der Waals surface area contributed by atoms with Crippen molar-refractivity contribution in [3.8, 4) is 44.5 Å². The summed E-state index contributed by atoms with van der Waals surface area (Å²) in [7, 11) is 0. The van der Waals surface area contributed by atoms with Crippen molar-refractivity contribution in [2.24, 2.45) is 0 Å². The van der Waals surface area contributed by atoms with Crippen LogP contribution in [-0.4, -0.2) is 6.71 Å². The van der Waals surface area contributed by atoms with Crippen LogP contribution < -0.4 is 31.1 Å². The number of rotatable bonds is 9. The molecule has 13 rings (SSSR count). The highest BCUT2D eigenvalue weighted by molar-refractivity contribution is 7.00. The Morgan fingerprint density at radius 2 is 0.838 bits per heavy atom. The maximum Gasteiger partial charge on any atom is 0.252 e. The van der Waals surface area contributed by atoms with E-state index in [-0.39, 0.29) is 33.5 Å². The van der Waals surface area contributed by atoms with Crippen LogP contribution in [0.4, 0.5) is 51.2 Å². The molecule has 0 atom stereocenters. The van der Waals surface area contributed by atoms with Crippen molar-refractivity contribution in [2.75, 3.05) is 14.7 Å². The Bertz CT molecular complexity index is 4530. The predicted molar refractivity (Wildman–Crippen MR) is 316 cm³/mol. The second-order valence-electron chi connectivity index (χ2n) is 19.4. The Labute approximate surface area is 457 Å². The molecule has 0 spiro atoms. The third kappa shape index (κ3) is 7.79. The standard InChI is InChI=1S/C70H54BN3/c1-70(2,3)54-45-59(51-30-14-6-15-31-51)69(60(46-54)52-32-16-7-17-33-52)74-64-41-25-23-39-61(64)71-62-44-53(49-26-10-4-11-27-49)42-43-65(62)73(63-40-24-22-38-58(63)50-28-12-5-13-29-50)66-47-57(48-67(74)68(66)71)72(55-34-18-8-19-35-55)56-36-20-9-21-37-56/h4-48H,1-3H3/i5D,6D,7D,12D,13D,14D,15D,16D,17D,28D,29D,30D,31D,32D,33D. The van der Waals surface area contributed by atoms with E-state index in [1.807, 2.05) is 171 Å². The fourth-order valence-electron chi connectivity index (χ4n) is 10.7. The molecule has 0 fully saturated rings. The fraction of sp³-hybridized carbons (Fsp3) is 0.0571. The van der Waals surface area contributed by atoms with Gasteiger partial charge in [-0.25, -0.2) is 0 Å². The number of nitrogens with zero attached hydrogens (tertiary/aromatic N) is 3. The molecule has 4 heteroatoms. The van der Waals surface area contributed by atoms with E-state index in [0.717, 1.165) is 33.4 Å². The maximum absolute atomic E-state index is 9.77. The van der Waals surface area contributed by atoms with Gasteiger partial charge in [-0.2, -0.15) is 0 Å². The van der Waals surface area contributed by atoms with Gasteiger partial charge in [0.2, 0.25) is 0 Å². The average Bonchev–Trinajstić information content (AvgIpc) is 0.739. The summed E-state index contributed by atoms with van der Waals surface area (Å²) in [6.07, 6.45) is 0. The highest BCUT2D eigenvalue weighted by atomic mass is 15.2. The van der Waals surface area contributed by atoms with Crippen LogP contribution >= 0.6 is 0 Å². The Balaban J connectivity index is 1.27. The second-order valence-corrected chi connectivity index (χ2v) is 19.4. The summed E-state index contributed by atoms with van der Waals surface area (Å²) >= 11 is 0. The van der Waals surface area contributed by atoms with Gasteiger partial charge in [0.05, 0.1) is 37.6 Å². The van der Waals surface area contributed by atoms with Gasteiger partial charge in [0.25, 0.3) is 6.71 Å². The van der Waals surface area contributed by atoms with E-state index in [1.54, 1.807) is 24.3 Å². The molecule has 0 aliphatic carbocycles. The lowest BCUT2D eigenvalue weighted by Crippen LogP contribution is -2.61. The molecular formula is C70H54BN3. The Morgan fingerprint density at radius 1 is 0.365 bits per heavy atom. The van der Waals surface area contributed by atoms with Crippen molar-refractivity contribution in [1.82, 2.24) is 0 Å². The summed E-state index contributed by atoms with van der Waals surface area (Å²) < 4.78 is 139. The number of para-hydroxylation sites is 4. The predicted octanol–water partition coefficient (Wildman–Crippen LogP) is 17.2. The number of hydrogen-bond acceptors (Lipinski definition) is 3. The maximum atomic E-state index is 9.77. The van der Waals surface area contributed by atoms with Crippen LogP contribution in [0.1, 0.15) is 46.9 Å². The Kier molecular flexibility index (Phi) is 7.84. The second kappa shape index (κ2) is 18.5. The van der Waals surface area contributed by atoms with Crippen LogP contribution in [-0.2, 0) is 5.41 Å². The van der Waals surface area contributed by atoms with Crippen molar-refractivity contribution >= 4 is 74.3 Å². The van der Waals surface area contributed by atoms with Crippen molar-refractivity contribution in [2.45, 2.75) is 26.2 Å². The van der Waals surface area contributed by atoms with Crippen LogP contribution in [0, 0.1) is 0 Å². The Hall–Kier alpha value is -9.12. The van der Waals surface area contributed by atoms with Crippen LogP contribution in [0.2, 0.25) is 0 Å². The smallest absolute Gasteiger partial charge is 0.252 e. The molecular weight excluding hydrogens is 894 g/mol. The molecule has 0 bridgehead atoms. The van der Waals surface area contributed by atoms with Gasteiger partial charge in [0, 0.05) is 50.8 Å². The number of anilines is 9. The molecule has 0 saturated heterocycles. The summed E-state index contributed by atoms with van der Waals surface area (Å²) in [5.74, 6) is 0. The van der Waals surface area contributed by atoms with Crippen LogP contribution in [0.5, 0.6) is 0 Å². The first-order valence-electron chi connectivity index (χ1n) is 32.1. The molecule has 0 radical (unpaired) electrons. The zero-order valence-corrected chi connectivity index (χ0v) is 40.7. The first-order valence-corrected chi connectivity index (χ1v) is 24.6. The third-order valence-electron chi connectivity index (χ3n) is 14.0. The number of fused-ring (bicyclic) bond motifs is 4. The van der Waals surface area contributed by atoms with Crippen LogP contribution in [0.3, 0.4) is 0 Å². The van der Waals surface area contributed by atoms with Gasteiger partial charge >= 0.3 is 0 Å². The highest BCUT2D eigenvalue weighted by Gasteiger charge is 2.45. The molecule has 352 valence electrons. The van der Waals surface area contributed by atoms with E-state index in [4.69, 9.17) is 6.85 Å². The summed E-state index contributed by atoms with van der Waals surface area (Å²) in [4.78, 5) is 6.11. The van der Waals surface area contributed by atoms with Crippen LogP contribution in [0.15, 0.2) is 273 Å². The molecule has 0 amide bonds. The van der Waals surface area contributed by atoms with Crippen molar-refractivity contribution < 1.29 is 20.6 Å². The van der Waals surface area contributed by atoms with Gasteiger partial charge in [-0.15, -0.1) is 0 Å². The molecule has 3 nitrogen and oxygen atoms in total. The van der Waals surface area contributed by atoms with Crippen LogP contribution in [0.25, 0.3) is 44.5 Å². The van der Waals surface area contributed by atoms with Gasteiger partial charge in [-0.1, -0.05) is 227 Å². The lowest BCUT2D eigenvalue weighted by molar-refractivity contribution is 0.591. The van der Waals surface area contributed by atoms with E-state index in [2.05, 4.69) is 21.9 Å². The normalized spacial score (nSPS) is 15.3. The van der Waals surface area contributed by atoms with Crippen molar-refractivity contribution in [1.29, 1.82) is 0 Å². The monoisotopic (exact) mass is 963 g/mol. The Morgan fingerprint density at radius 3 is 1.41 bits per heavy atom. The topological polar surface area (TPSA) is 9.72 Å². The van der Waals surface area contributed by atoms with Crippen molar-refractivity contribution in [3.05, 3.63) is 278 Å². The molecule has 2 aliphatic rings. The van der Waals surface area contributed by atoms with Gasteiger partial charge in [0.15, 0.2) is 0 Å². The average molecular weight is 963 g/mol. The first kappa shape index (κ1) is 31.4. The molecule has 0 N–H and O–H groups in total. The molecule has 2 heterocycles. The van der Waals surface area contributed by atoms with Gasteiger partial charge in [-0.05, 0) is 122 Å². The quantitative estimate of drug-likeness (QED) is 0.134. The molecule has 11 aromatic rings. The molecule has 74 heavy (non-hydrogen) atoms. The summed E-state index contributed by atoms with van der Waals surface area (Å²) in [6.45, 7) is 5.20. The molecule has 2 aliphatic heterocycles. The number of benzene rings is 11. The van der Waals surface area contributed by atoms with Crippen molar-refractivity contribution in [3.63, 3.8) is 0 Å². The molecule has 0 aromatic heterocycles. The van der Waals surface area contributed by atoms with E-state index in [1.165, 1.54) is 0 Å². The van der Waals surface area contributed by atoms with E-state index in [9.17, 15) is 13.7 Å². The largest absolute Gasteiger partial charge is 0.311 e.